The molecule has 2 aromatic carbocycles. The molecule has 2 rings (SSSR count). The van der Waals surface area contributed by atoms with E-state index in [0.29, 0.717) is 16.5 Å². The number of carbonyl (C=O) groups is 1. The number of methoxy groups -OCH3 is 1. The maximum atomic E-state index is 13.6. The molecule has 0 saturated carbocycles. The second kappa shape index (κ2) is 8.35. The van der Waals surface area contributed by atoms with Gasteiger partial charge in [-0.2, -0.15) is 0 Å². The Hall–Kier alpha value is -1.79. The highest BCUT2D eigenvalue weighted by molar-refractivity contribution is 7.99. The normalized spacial score (nSPS) is 11.9. The van der Waals surface area contributed by atoms with Crippen LogP contribution < -0.4 is 10.1 Å². The lowest BCUT2D eigenvalue weighted by Gasteiger charge is -2.14. The van der Waals surface area contributed by atoms with Gasteiger partial charge in [0.1, 0.15) is 23.1 Å². The van der Waals surface area contributed by atoms with Crippen LogP contribution in [0.3, 0.4) is 0 Å². The maximum Gasteiger partial charge on any atom is 0.237 e. The van der Waals surface area contributed by atoms with Crippen molar-refractivity contribution in [3.05, 3.63) is 58.6 Å². The first kappa shape index (κ1) is 18.5. The zero-order valence-electron chi connectivity index (χ0n) is 13.1. The monoisotopic (exact) mass is 371 g/mol. The van der Waals surface area contributed by atoms with E-state index >= 15 is 0 Å². The lowest BCUT2D eigenvalue weighted by Crippen LogP contribution is -2.23. The third-order valence-corrected chi connectivity index (χ3v) is 4.74. The van der Waals surface area contributed by atoms with Crippen molar-refractivity contribution >= 4 is 35.0 Å². The Balaban J connectivity index is 2.01. The molecule has 0 radical (unpaired) electrons. The number of rotatable bonds is 6. The van der Waals surface area contributed by atoms with Crippen molar-refractivity contribution in [2.24, 2.45) is 0 Å². The van der Waals surface area contributed by atoms with Gasteiger partial charge in [-0.25, -0.2) is 8.78 Å². The van der Waals surface area contributed by atoms with E-state index in [1.165, 1.54) is 17.8 Å². The van der Waals surface area contributed by atoms with Gasteiger partial charge in [0.2, 0.25) is 5.91 Å². The van der Waals surface area contributed by atoms with Crippen LogP contribution in [-0.2, 0) is 10.5 Å². The number of thioether (sulfide) groups is 1. The number of para-hydroxylation sites is 1. The highest BCUT2D eigenvalue weighted by Gasteiger charge is 2.18. The molecule has 0 aromatic heterocycles. The third kappa shape index (κ3) is 4.61. The molecule has 0 aliphatic heterocycles. The summed E-state index contributed by atoms with van der Waals surface area (Å²) in [5.74, 6) is -0.961. The first-order chi connectivity index (χ1) is 11.4. The minimum atomic E-state index is -0.808. The second-order valence-electron chi connectivity index (χ2n) is 5.00. The van der Waals surface area contributed by atoms with Crippen molar-refractivity contribution in [1.82, 2.24) is 0 Å². The molecule has 0 fully saturated rings. The molecule has 0 bridgehead atoms. The number of ether oxygens (including phenoxy) is 1. The zero-order chi connectivity index (χ0) is 17.7. The lowest BCUT2D eigenvalue weighted by molar-refractivity contribution is -0.115. The Kier molecular flexibility index (Phi) is 6.45. The van der Waals surface area contributed by atoms with Crippen LogP contribution in [0.5, 0.6) is 5.75 Å². The van der Waals surface area contributed by atoms with Gasteiger partial charge in [0, 0.05) is 16.3 Å². The van der Waals surface area contributed by atoms with Crippen LogP contribution in [0.15, 0.2) is 36.4 Å². The van der Waals surface area contributed by atoms with Gasteiger partial charge in [-0.15, -0.1) is 11.8 Å². The van der Waals surface area contributed by atoms with Gasteiger partial charge < -0.3 is 10.1 Å². The number of amides is 1. The second-order valence-corrected chi connectivity index (χ2v) is 6.76. The molecule has 0 aliphatic rings. The number of hydrogen-bond acceptors (Lipinski definition) is 3. The average molecular weight is 372 g/mol. The van der Waals surface area contributed by atoms with Gasteiger partial charge in [0.05, 0.1) is 12.4 Å². The van der Waals surface area contributed by atoms with Gasteiger partial charge in [0.25, 0.3) is 0 Å². The van der Waals surface area contributed by atoms with E-state index in [1.54, 1.807) is 32.2 Å². The molecule has 0 saturated heterocycles. The summed E-state index contributed by atoms with van der Waals surface area (Å²) in [7, 11) is 1.55. The molecular weight excluding hydrogens is 356 g/mol. The SMILES string of the molecule is COc1ccc(Cl)cc1CSC(C)C(=O)Nc1c(F)cccc1F. The smallest absolute Gasteiger partial charge is 0.237 e. The number of halogens is 3. The molecule has 1 N–H and O–H groups in total. The molecule has 1 unspecified atom stereocenters. The highest BCUT2D eigenvalue weighted by atomic mass is 35.5. The molecule has 1 amide bonds. The molecule has 0 heterocycles. The number of carbonyl (C=O) groups excluding carboxylic acids is 1. The maximum absolute atomic E-state index is 13.6. The largest absolute Gasteiger partial charge is 0.496 e. The summed E-state index contributed by atoms with van der Waals surface area (Å²) < 4.78 is 32.4. The Bertz CT molecular complexity index is 722. The van der Waals surface area contributed by atoms with Crippen LogP contribution in [0.1, 0.15) is 12.5 Å². The summed E-state index contributed by atoms with van der Waals surface area (Å²) in [5, 5.41) is 2.33. The minimum Gasteiger partial charge on any atom is -0.496 e. The molecule has 1 atom stereocenters. The molecule has 2 aromatic rings. The lowest BCUT2D eigenvalue weighted by atomic mass is 10.2. The number of hydrogen-bond donors (Lipinski definition) is 1. The summed E-state index contributed by atoms with van der Waals surface area (Å²) in [5.41, 5.74) is 0.405. The number of benzene rings is 2. The quantitative estimate of drug-likeness (QED) is 0.785. The van der Waals surface area contributed by atoms with Crippen LogP contribution >= 0.6 is 23.4 Å². The minimum absolute atomic E-state index is 0.435. The molecule has 128 valence electrons. The van der Waals surface area contributed by atoms with Gasteiger partial charge in [-0.05, 0) is 37.3 Å². The molecular formula is C17H16ClF2NO2S. The third-order valence-electron chi connectivity index (χ3n) is 3.31. The van der Waals surface area contributed by atoms with Gasteiger partial charge in [0.15, 0.2) is 0 Å². The van der Waals surface area contributed by atoms with Crippen molar-refractivity contribution in [3.8, 4) is 5.75 Å². The molecule has 7 heteroatoms. The van der Waals surface area contributed by atoms with Crippen molar-refractivity contribution in [1.29, 1.82) is 0 Å². The predicted octanol–water partition coefficient (Wildman–Crippen LogP) is 4.89. The summed E-state index contributed by atoms with van der Waals surface area (Å²) in [4.78, 5) is 12.1. The fourth-order valence-electron chi connectivity index (χ4n) is 1.99. The summed E-state index contributed by atoms with van der Waals surface area (Å²) in [6, 6.07) is 8.64. The van der Waals surface area contributed by atoms with Crippen molar-refractivity contribution in [2.45, 2.75) is 17.9 Å². The molecule has 0 spiro atoms. The van der Waals surface area contributed by atoms with Crippen LogP contribution in [0.2, 0.25) is 5.02 Å². The van der Waals surface area contributed by atoms with Crippen LogP contribution in [0.25, 0.3) is 0 Å². The summed E-state index contributed by atoms with van der Waals surface area (Å²) >= 11 is 7.28. The van der Waals surface area contributed by atoms with Gasteiger partial charge in [-0.1, -0.05) is 17.7 Å². The average Bonchev–Trinajstić information content (AvgIpc) is 2.56. The van der Waals surface area contributed by atoms with E-state index in [9.17, 15) is 13.6 Å². The first-order valence-electron chi connectivity index (χ1n) is 7.11. The van der Waals surface area contributed by atoms with Crippen molar-refractivity contribution in [3.63, 3.8) is 0 Å². The standard InChI is InChI=1S/C17H16ClF2NO2S/c1-10(17(22)21-16-13(19)4-3-5-14(16)20)24-9-11-8-12(18)6-7-15(11)23-2/h3-8,10H,9H2,1-2H3,(H,21,22). The Labute approximate surface area is 148 Å². The van der Waals surface area contributed by atoms with E-state index in [4.69, 9.17) is 16.3 Å². The Morgan fingerprint density at radius 3 is 2.58 bits per heavy atom. The summed E-state index contributed by atoms with van der Waals surface area (Å²) in [6.45, 7) is 1.66. The Morgan fingerprint density at radius 2 is 1.96 bits per heavy atom. The zero-order valence-corrected chi connectivity index (χ0v) is 14.7. The van der Waals surface area contributed by atoms with E-state index in [0.717, 1.165) is 17.7 Å². The molecule has 0 aliphatic carbocycles. The van der Waals surface area contributed by atoms with Crippen molar-refractivity contribution < 1.29 is 18.3 Å². The van der Waals surface area contributed by atoms with E-state index in [1.807, 2.05) is 0 Å². The topological polar surface area (TPSA) is 38.3 Å². The van der Waals surface area contributed by atoms with Crippen LogP contribution in [0.4, 0.5) is 14.5 Å². The fourth-order valence-corrected chi connectivity index (χ4v) is 3.05. The van der Waals surface area contributed by atoms with E-state index < -0.39 is 28.5 Å². The highest BCUT2D eigenvalue weighted by Crippen LogP contribution is 2.29. The fraction of sp³-hybridized carbons (Fsp3) is 0.235. The van der Waals surface area contributed by atoms with E-state index in [-0.39, 0.29) is 0 Å². The summed E-state index contributed by atoms with van der Waals surface area (Å²) in [6.07, 6.45) is 0. The molecule has 24 heavy (non-hydrogen) atoms. The van der Waals surface area contributed by atoms with Gasteiger partial charge >= 0.3 is 0 Å². The molecule has 3 nitrogen and oxygen atoms in total. The van der Waals surface area contributed by atoms with E-state index in [2.05, 4.69) is 5.32 Å². The van der Waals surface area contributed by atoms with Crippen molar-refractivity contribution in [2.75, 3.05) is 12.4 Å². The van der Waals surface area contributed by atoms with Crippen LogP contribution in [0, 0.1) is 11.6 Å². The number of nitrogens with one attached hydrogen (secondary N) is 1. The Morgan fingerprint density at radius 1 is 1.29 bits per heavy atom. The first-order valence-corrected chi connectivity index (χ1v) is 8.54. The number of anilines is 1. The van der Waals surface area contributed by atoms with Gasteiger partial charge in [-0.3, -0.25) is 4.79 Å². The predicted molar refractivity (Wildman–Crippen MR) is 93.7 cm³/mol. The van der Waals surface area contributed by atoms with Crippen LogP contribution in [-0.4, -0.2) is 18.3 Å².